The molecule has 1 aromatic carbocycles. The van der Waals surface area contributed by atoms with Gasteiger partial charge in [0.15, 0.2) is 0 Å². The summed E-state index contributed by atoms with van der Waals surface area (Å²) >= 11 is 0. The number of anilines is 1. The first kappa shape index (κ1) is 14.5. The second-order valence-corrected chi connectivity index (χ2v) is 6.60. The molecule has 0 atom stereocenters. The summed E-state index contributed by atoms with van der Waals surface area (Å²) in [4.78, 5) is 11.5. The average Bonchev–Trinajstić information content (AvgIpc) is 2.25. The van der Waals surface area contributed by atoms with E-state index in [0.717, 1.165) is 5.56 Å². The lowest BCUT2D eigenvalue weighted by Crippen LogP contribution is -2.35. The zero-order valence-corrected chi connectivity index (χ0v) is 11.3. The lowest BCUT2D eigenvalue weighted by atomic mass is 10.1. The first-order chi connectivity index (χ1) is 8.31. The molecule has 0 aliphatic carbocycles. The van der Waals surface area contributed by atoms with Gasteiger partial charge in [-0.15, -0.1) is 0 Å². The van der Waals surface area contributed by atoms with Gasteiger partial charge >= 0.3 is 0 Å². The maximum absolute atomic E-state index is 11.5. The highest BCUT2D eigenvalue weighted by Crippen LogP contribution is 2.09. The quantitative estimate of drug-likeness (QED) is 0.783. The van der Waals surface area contributed by atoms with Crippen molar-refractivity contribution in [1.82, 2.24) is 4.72 Å². The predicted molar refractivity (Wildman–Crippen MR) is 71.4 cm³/mol. The van der Waals surface area contributed by atoms with E-state index in [4.69, 9.17) is 5.73 Å². The molecule has 0 saturated carbocycles. The highest BCUT2D eigenvalue weighted by atomic mass is 32.2. The van der Waals surface area contributed by atoms with Crippen molar-refractivity contribution in [2.24, 2.45) is 0 Å². The lowest BCUT2D eigenvalue weighted by Gasteiger charge is -2.09. The molecule has 0 bridgehead atoms. The van der Waals surface area contributed by atoms with E-state index in [1.165, 1.54) is 13.8 Å². The molecule has 3 N–H and O–H groups in total. The van der Waals surface area contributed by atoms with E-state index in [2.05, 4.69) is 0 Å². The number of carbonyl (C=O) groups excluding carboxylic acids is 1. The van der Waals surface area contributed by atoms with Gasteiger partial charge < -0.3 is 5.73 Å². The van der Waals surface area contributed by atoms with Crippen molar-refractivity contribution < 1.29 is 13.2 Å². The van der Waals surface area contributed by atoms with Gasteiger partial charge in [0, 0.05) is 12.1 Å². The number of carbonyl (C=O) groups is 1. The van der Waals surface area contributed by atoms with Gasteiger partial charge in [-0.25, -0.2) is 8.42 Å². The summed E-state index contributed by atoms with van der Waals surface area (Å²) in [5, 5.41) is -0.617. The van der Waals surface area contributed by atoms with Crippen LogP contribution in [0.4, 0.5) is 5.69 Å². The van der Waals surface area contributed by atoms with Gasteiger partial charge in [-0.3, -0.25) is 9.52 Å². The third-order valence-corrected chi connectivity index (χ3v) is 4.22. The number of nitrogens with two attached hydrogens (primary N) is 1. The van der Waals surface area contributed by atoms with E-state index in [1.54, 1.807) is 18.2 Å². The summed E-state index contributed by atoms with van der Waals surface area (Å²) in [6, 6.07) is 7.17. The van der Waals surface area contributed by atoms with Gasteiger partial charge in [0.25, 0.3) is 0 Å². The Morgan fingerprint density at radius 1 is 1.39 bits per heavy atom. The Labute approximate surface area is 107 Å². The highest BCUT2D eigenvalue weighted by Gasteiger charge is 2.18. The van der Waals surface area contributed by atoms with Crippen LogP contribution in [-0.2, 0) is 21.2 Å². The average molecular weight is 270 g/mol. The number of hydrogen-bond acceptors (Lipinski definition) is 4. The van der Waals surface area contributed by atoms with E-state index in [1.807, 2.05) is 10.8 Å². The summed E-state index contributed by atoms with van der Waals surface area (Å²) < 4.78 is 25.0. The summed E-state index contributed by atoms with van der Waals surface area (Å²) in [5.41, 5.74) is 7.15. The Balaban J connectivity index is 2.52. The molecule has 0 aliphatic rings. The molecule has 1 amide bonds. The SMILES string of the molecule is CC(C)S(=O)(=O)NC(=O)CCc1cccc(N)c1. The van der Waals surface area contributed by atoms with E-state index in [9.17, 15) is 13.2 Å². The smallest absolute Gasteiger partial charge is 0.237 e. The van der Waals surface area contributed by atoms with Crippen molar-refractivity contribution in [1.29, 1.82) is 0 Å². The van der Waals surface area contributed by atoms with Gasteiger partial charge in [0.2, 0.25) is 15.9 Å². The number of nitrogens with one attached hydrogen (secondary N) is 1. The van der Waals surface area contributed by atoms with E-state index >= 15 is 0 Å². The number of hydrogen-bond donors (Lipinski definition) is 2. The topological polar surface area (TPSA) is 89.3 Å². The molecule has 0 fully saturated rings. The fraction of sp³-hybridized carbons (Fsp3) is 0.417. The van der Waals surface area contributed by atoms with Crippen LogP contribution in [0.2, 0.25) is 0 Å². The largest absolute Gasteiger partial charge is 0.399 e. The molecule has 18 heavy (non-hydrogen) atoms. The zero-order valence-electron chi connectivity index (χ0n) is 10.5. The molecule has 0 saturated heterocycles. The molecule has 0 radical (unpaired) electrons. The fourth-order valence-corrected chi connectivity index (χ4v) is 1.99. The molecule has 100 valence electrons. The van der Waals surface area contributed by atoms with Crippen LogP contribution in [0.15, 0.2) is 24.3 Å². The zero-order chi connectivity index (χ0) is 13.8. The van der Waals surface area contributed by atoms with Gasteiger partial charge in [-0.05, 0) is 38.0 Å². The highest BCUT2D eigenvalue weighted by molar-refractivity contribution is 7.90. The van der Waals surface area contributed by atoms with Crippen LogP contribution in [0.1, 0.15) is 25.8 Å². The molecule has 6 heteroatoms. The van der Waals surface area contributed by atoms with Crippen LogP contribution in [0.3, 0.4) is 0 Å². The molecular weight excluding hydrogens is 252 g/mol. The lowest BCUT2D eigenvalue weighted by molar-refractivity contribution is -0.119. The van der Waals surface area contributed by atoms with Crippen LogP contribution in [0.25, 0.3) is 0 Å². The summed E-state index contributed by atoms with van der Waals surface area (Å²) in [7, 11) is -3.53. The van der Waals surface area contributed by atoms with Crippen molar-refractivity contribution in [2.75, 3.05) is 5.73 Å². The maximum atomic E-state index is 11.5. The summed E-state index contributed by atoms with van der Waals surface area (Å²) in [6.45, 7) is 3.04. The molecule has 0 aromatic heterocycles. The van der Waals surface area contributed by atoms with Crippen molar-refractivity contribution in [3.63, 3.8) is 0 Å². The second-order valence-electron chi connectivity index (χ2n) is 4.36. The molecule has 1 aromatic rings. The van der Waals surface area contributed by atoms with Crippen LogP contribution in [0, 0.1) is 0 Å². The number of sulfonamides is 1. The first-order valence-electron chi connectivity index (χ1n) is 5.70. The minimum atomic E-state index is -3.53. The van der Waals surface area contributed by atoms with Crippen molar-refractivity contribution in [2.45, 2.75) is 31.9 Å². The number of amides is 1. The molecule has 0 unspecified atom stereocenters. The summed E-state index contributed by atoms with van der Waals surface area (Å²) in [6.07, 6.45) is 0.583. The van der Waals surface area contributed by atoms with Gasteiger partial charge in [0.1, 0.15) is 0 Å². The summed E-state index contributed by atoms with van der Waals surface area (Å²) in [5.74, 6) is -0.494. The van der Waals surface area contributed by atoms with Crippen LogP contribution in [0.5, 0.6) is 0 Å². The first-order valence-corrected chi connectivity index (χ1v) is 7.25. The van der Waals surface area contributed by atoms with Crippen molar-refractivity contribution in [3.8, 4) is 0 Å². The van der Waals surface area contributed by atoms with E-state index in [0.29, 0.717) is 12.1 Å². The minimum absolute atomic E-state index is 0.120. The predicted octanol–water partition coefficient (Wildman–Crippen LogP) is 1.06. The Bertz CT molecular complexity index is 524. The maximum Gasteiger partial charge on any atom is 0.237 e. The van der Waals surface area contributed by atoms with Crippen molar-refractivity contribution in [3.05, 3.63) is 29.8 Å². The Morgan fingerprint density at radius 2 is 2.06 bits per heavy atom. The molecule has 0 spiro atoms. The Hall–Kier alpha value is -1.56. The third-order valence-electron chi connectivity index (χ3n) is 2.47. The number of rotatable bonds is 5. The second kappa shape index (κ2) is 5.86. The van der Waals surface area contributed by atoms with Crippen LogP contribution in [-0.4, -0.2) is 19.6 Å². The van der Waals surface area contributed by atoms with Crippen LogP contribution < -0.4 is 10.5 Å². The fourth-order valence-electron chi connectivity index (χ4n) is 1.33. The number of benzene rings is 1. The monoisotopic (exact) mass is 270 g/mol. The van der Waals surface area contributed by atoms with Crippen LogP contribution >= 0.6 is 0 Å². The normalized spacial score (nSPS) is 11.5. The Kier molecular flexibility index (Phi) is 4.72. The molecule has 0 aliphatic heterocycles. The van der Waals surface area contributed by atoms with Crippen molar-refractivity contribution >= 4 is 21.6 Å². The van der Waals surface area contributed by atoms with E-state index < -0.39 is 21.2 Å². The number of aryl methyl sites for hydroxylation is 1. The van der Waals surface area contributed by atoms with Gasteiger partial charge in [-0.1, -0.05) is 12.1 Å². The van der Waals surface area contributed by atoms with E-state index in [-0.39, 0.29) is 6.42 Å². The minimum Gasteiger partial charge on any atom is -0.399 e. The third kappa shape index (κ3) is 4.37. The van der Waals surface area contributed by atoms with Gasteiger partial charge in [-0.2, -0.15) is 0 Å². The Morgan fingerprint density at radius 3 is 2.61 bits per heavy atom. The standard InChI is InChI=1S/C12H18N2O3S/c1-9(2)18(16,17)14-12(15)7-6-10-4-3-5-11(13)8-10/h3-5,8-9H,6-7,13H2,1-2H3,(H,14,15). The molecule has 1 rings (SSSR count). The van der Waals surface area contributed by atoms with Gasteiger partial charge in [0.05, 0.1) is 5.25 Å². The molecule has 0 heterocycles. The molecular formula is C12H18N2O3S. The number of nitrogen functional groups attached to an aromatic ring is 1. The molecule has 5 nitrogen and oxygen atoms in total.